The van der Waals surface area contributed by atoms with Crippen molar-refractivity contribution >= 4 is 39.5 Å². The number of aliphatic hydroxyl groups is 1. The summed E-state index contributed by atoms with van der Waals surface area (Å²) in [6.07, 6.45) is 51.6. The molecular formula is C71H138O17P2. The zero-order chi connectivity index (χ0) is 66.3. The minimum Gasteiger partial charge on any atom is -0.462 e. The third kappa shape index (κ3) is 64.8. The Kier molecular flexibility index (Phi) is 63.0. The predicted molar refractivity (Wildman–Crippen MR) is 363 cm³/mol. The zero-order valence-electron chi connectivity index (χ0n) is 58.3. The van der Waals surface area contributed by atoms with Gasteiger partial charge in [0, 0.05) is 25.7 Å². The molecule has 0 aromatic heterocycles. The summed E-state index contributed by atoms with van der Waals surface area (Å²) in [5, 5.41) is 10.6. The molecule has 2 unspecified atom stereocenters. The monoisotopic (exact) mass is 1320 g/mol. The molecule has 0 amide bonds. The molecule has 0 rings (SSSR count). The molecule has 0 heterocycles. The molecule has 19 heteroatoms. The predicted octanol–water partition coefficient (Wildman–Crippen LogP) is 20.5. The second-order valence-corrected chi connectivity index (χ2v) is 29.0. The van der Waals surface area contributed by atoms with Gasteiger partial charge in [-0.15, -0.1) is 0 Å². The largest absolute Gasteiger partial charge is 0.472 e. The van der Waals surface area contributed by atoms with Crippen LogP contribution >= 0.6 is 15.6 Å². The molecule has 0 aliphatic carbocycles. The van der Waals surface area contributed by atoms with Crippen LogP contribution in [0.15, 0.2) is 0 Å². The van der Waals surface area contributed by atoms with Crippen LogP contribution in [-0.2, 0) is 65.4 Å². The van der Waals surface area contributed by atoms with Crippen molar-refractivity contribution in [3.8, 4) is 0 Å². The van der Waals surface area contributed by atoms with E-state index >= 15 is 0 Å². The van der Waals surface area contributed by atoms with Crippen LogP contribution in [0.25, 0.3) is 0 Å². The van der Waals surface area contributed by atoms with Crippen LogP contribution in [0.2, 0.25) is 0 Å². The molecule has 0 aromatic rings. The molecular weight excluding hydrogens is 1190 g/mol. The molecule has 0 aliphatic rings. The minimum absolute atomic E-state index is 0.102. The Balaban J connectivity index is 5.19. The lowest BCUT2D eigenvalue weighted by Gasteiger charge is -2.21. The van der Waals surface area contributed by atoms with E-state index in [0.29, 0.717) is 31.6 Å². The maximum Gasteiger partial charge on any atom is 0.472 e. The average Bonchev–Trinajstić information content (AvgIpc) is 3.25. The number of phosphoric acid groups is 2. The number of aliphatic hydroxyl groups excluding tert-OH is 1. The van der Waals surface area contributed by atoms with Gasteiger partial charge >= 0.3 is 39.5 Å². The highest BCUT2D eigenvalue weighted by Gasteiger charge is 2.30. The van der Waals surface area contributed by atoms with Crippen LogP contribution in [0.4, 0.5) is 0 Å². The van der Waals surface area contributed by atoms with Crippen molar-refractivity contribution < 1.29 is 80.2 Å². The Bertz CT molecular complexity index is 1740. The van der Waals surface area contributed by atoms with E-state index < -0.39 is 97.5 Å². The van der Waals surface area contributed by atoms with Crippen molar-refractivity contribution in [2.24, 2.45) is 5.92 Å². The van der Waals surface area contributed by atoms with Crippen molar-refractivity contribution in [1.82, 2.24) is 0 Å². The van der Waals surface area contributed by atoms with Gasteiger partial charge in [-0.05, 0) is 31.6 Å². The van der Waals surface area contributed by atoms with Gasteiger partial charge in [-0.1, -0.05) is 317 Å². The fraction of sp³-hybridized carbons (Fsp3) is 0.944. The van der Waals surface area contributed by atoms with E-state index in [1.54, 1.807) is 0 Å². The molecule has 0 aromatic carbocycles. The van der Waals surface area contributed by atoms with Gasteiger partial charge in [0.1, 0.15) is 19.3 Å². The van der Waals surface area contributed by atoms with Gasteiger partial charge in [-0.3, -0.25) is 37.3 Å². The van der Waals surface area contributed by atoms with E-state index in [1.807, 2.05) is 0 Å². The Morgan fingerprint density at radius 3 is 0.756 bits per heavy atom. The minimum atomic E-state index is -4.95. The maximum atomic E-state index is 13.0. The zero-order valence-corrected chi connectivity index (χ0v) is 60.1. The summed E-state index contributed by atoms with van der Waals surface area (Å²) in [6.45, 7) is 7.14. The van der Waals surface area contributed by atoms with Crippen LogP contribution in [-0.4, -0.2) is 96.7 Å². The molecule has 0 saturated carbocycles. The molecule has 3 N–H and O–H groups in total. The van der Waals surface area contributed by atoms with E-state index in [0.717, 1.165) is 96.3 Å². The Labute approximate surface area is 549 Å². The standard InChI is InChI=1S/C71H138O17P2/c1-6-9-12-15-18-21-23-25-27-29-31-33-35-37-40-46-51-56-70(75)87-66(60-82-69(74)55-50-45-39-36-34-32-30-28-26-24-22-19-16-13-10-7-2)62-85-89(77,78)83-58-65(72)59-84-90(79,80)86-63-67(61-81-68(73)54-49-44-38-20-17-14-11-8-3)88-71(76)57-52-47-42-41-43-48-53-64(4)5/h64-67,72H,6-63H2,1-5H3,(H,77,78)(H,79,80)/t65-,66-,67-/m1/s1. The van der Waals surface area contributed by atoms with E-state index in [2.05, 4.69) is 34.6 Å². The molecule has 0 aliphatic heterocycles. The van der Waals surface area contributed by atoms with Gasteiger partial charge in [0.15, 0.2) is 12.2 Å². The van der Waals surface area contributed by atoms with Crippen molar-refractivity contribution in [3.63, 3.8) is 0 Å². The molecule has 90 heavy (non-hydrogen) atoms. The number of carbonyl (C=O) groups excluding carboxylic acids is 4. The van der Waals surface area contributed by atoms with Crippen molar-refractivity contribution in [3.05, 3.63) is 0 Å². The molecule has 0 bridgehead atoms. The Morgan fingerprint density at radius 2 is 0.511 bits per heavy atom. The number of hydrogen-bond donors (Lipinski definition) is 3. The van der Waals surface area contributed by atoms with Gasteiger partial charge in [0.2, 0.25) is 0 Å². The summed E-state index contributed by atoms with van der Waals surface area (Å²) >= 11 is 0. The van der Waals surface area contributed by atoms with Crippen LogP contribution in [0.1, 0.15) is 369 Å². The first-order valence-electron chi connectivity index (χ1n) is 37.1. The number of unbranched alkanes of at least 4 members (excludes halogenated alkanes) is 43. The third-order valence-electron chi connectivity index (χ3n) is 16.5. The van der Waals surface area contributed by atoms with Crippen LogP contribution in [0.5, 0.6) is 0 Å². The third-order valence-corrected chi connectivity index (χ3v) is 18.4. The van der Waals surface area contributed by atoms with E-state index in [-0.39, 0.29) is 25.7 Å². The number of rotatable bonds is 71. The molecule has 0 saturated heterocycles. The van der Waals surface area contributed by atoms with Gasteiger partial charge < -0.3 is 33.8 Å². The number of phosphoric ester groups is 2. The Morgan fingerprint density at radius 1 is 0.300 bits per heavy atom. The van der Waals surface area contributed by atoms with Gasteiger partial charge in [-0.25, -0.2) is 9.13 Å². The first kappa shape index (κ1) is 88.1. The lowest BCUT2D eigenvalue weighted by Crippen LogP contribution is -2.30. The van der Waals surface area contributed by atoms with Crippen LogP contribution in [0.3, 0.4) is 0 Å². The fourth-order valence-electron chi connectivity index (χ4n) is 10.8. The second-order valence-electron chi connectivity index (χ2n) is 26.1. The van der Waals surface area contributed by atoms with E-state index in [1.165, 1.54) is 186 Å². The van der Waals surface area contributed by atoms with Crippen molar-refractivity contribution in [2.45, 2.75) is 387 Å². The second kappa shape index (κ2) is 64.4. The topological polar surface area (TPSA) is 237 Å². The molecule has 0 fully saturated rings. The summed E-state index contributed by atoms with van der Waals surface area (Å²) in [5.74, 6) is -1.46. The number of carbonyl (C=O) groups is 4. The van der Waals surface area contributed by atoms with E-state index in [9.17, 15) is 43.2 Å². The quantitative estimate of drug-likeness (QED) is 0.0222. The highest BCUT2D eigenvalue weighted by atomic mass is 31.2. The smallest absolute Gasteiger partial charge is 0.462 e. The lowest BCUT2D eigenvalue weighted by atomic mass is 10.0. The number of ether oxygens (including phenoxy) is 4. The summed E-state index contributed by atoms with van der Waals surface area (Å²) < 4.78 is 68.2. The van der Waals surface area contributed by atoms with E-state index in [4.69, 9.17) is 37.0 Å². The number of hydrogen-bond acceptors (Lipinski definition) is 15. The first-order valence-corrected chi connectivity index (χ1v) is 40.1. The molecule has 534 valence electrons. The van der Waals surface area contributed by atoms with Crippen LogP contribution < -0.4 is 0 Å². The molecule has 0 spiro atoms. The maximum absolute atomic E-state index is 13.0. The van der Waals surface area contributed by atoms with Crippen LogP contribution in [0, 0.1) is 5.92 Å². The molecule has 17 nitrogen and oxygen atoms in total. The van der Waals surface area contributed by atoms with Gasteiger partial charge in [-0.2, -0.15) is 0 Å². The van der Waals surface area contributed by atoms with Crippen molar-refractivity contribution in [1.29, 1.82) is 0 Å². The fourth-order valence-corrected chi connectivity index (χ4v) is 12.4. The first-order chi connectivity index (χ1) is 43.5. The highest BCUT2D eigenvalue weighted by molar-refractivity contribution is 7.47. The summed E-state index contributed by atoms with van der Waals surface area (Å²) in [7, 11) is -9.89. The average molecular weight is 1330 g/mol. The van der Waals surface area contributed by atoms with Gasteiger partial charge in [0.05, 0.1) is 26.4 Å². The number of esters is 4. The summed E-state index contributed by atoms with van der Waals surface area (Å²) in [5.41, 5.74) is 0. The molecule has 0 radical (unpaired) electrons. The summed E-state index contributed by atoms with van der Waals surface area (Å²) in [4.78, 5) is 72.4. The highest BCUT2D eigenvalue weighted by Crippen LogP contribution is 2.45. The Hall–Kier alpha value is -1.94. The summed E-state index contributed by atoms with van der Waals surface area (Å²) in [6, 6.07) is 0. The lowest BCUT2D eigenvalue weighted by molar-refractivity contribution is -0.161. The molecule has 5 atom stereocenters. The SMILES string of the molecule is CCCCCCCCCCCCCCCCCCCC(=O)O[C@H](COC(=O)CCCCCCCCCCCCCCCCCC)COP(=O)(O)OC[C@@H](O)COP(=O)(O)OC[C@@H](COC(=O)CCCCCCCCCC)OC(=O)CCCCCCCCC(C)C. The van der Waals surface area contributed by atoms with Gasteiger partial charge in [0.25, 0.3) is 0 Å². The normalized spacial score (nSPS) is 14.1. The van der Waals surface area contributed by atoms with Crippen molar-refractivity contribution in [2.75, 3.05) is 39.6 Å².